The van der Waals surface area contributed by atoms with E-state index >= 15 is 0 Å². The molecular weight excluding hydrogens is 311 g/mol. The molecule has 8 heteroatoms. The lowest BCUT2D eigenvalue weighted by Crippen LogP contribution is -2.32. The van der Waals surface area contributed by atoms with Gasteiger partial charge in [0.25, 0.3) is 0 Å². The number of aliphatic hydroxyl groups excluding tert-OH is 1. The van der Waals surface area contributed by atoms with Gasteiger partial charge < -0.3 is 20.8 Å². The highest BCUT2D eigenvalue weighted by atomic mass is 32.1. The molecule has 1 aromatic heterocycles. The van der Waals surface area contributed by atoms with E-state index in [2.05, 4.69) is 0 Å². The van der Waals surface area contributed by atoms with Crippen LogP contribution in [0.1, 0.15) is 10.4 Å². The number of rotatable bonds is 2. The predicted octanol–water partition coefficient (Wildman–Crippen LogP) is 0.607. The van der Waals surface area contributed by atoms with Crippen LogP contribution >= 0.6 is 11.3 Å². The number of anilines is 1. The van der Waals surface area contributed by atoms with Gasteiger partial charge in [-0.3, -0.25) is 4.79 Å². The number of carbonyl (C=O) groups is 1. The second-order valence-electron chi connectivity index (χ2n) is 5.22. The summed E-state index contributed by atoms with van der Waals surface area (Å²) < 4.78 is 14.8. The first-order chi connectivity index (χ1) is 10.4. The maximum absolute atomic E-state index is 14.3. The molecule has 2 atom stereocenters. The molecule has 3 rings (SSSR count). The number of nitrogens with two attached hydrogens (primary N) is 1. The molecule has 0 aliphatic carbocycles. The van der Waals surface area contributed by atoms with Crippen molar-refractivity contribution >= 4 is 33.1 Å². The molecular formula is C14H13FN2O4S. The fourth-order valence-electron chi connectivity index (χ4n) is 2.54. The normalized spacial score (nSPS) is 21.5. The third kappa shape index (κ3) is 2.35. The van der Waals surface area contributed by atoms with Gasteiger partial charge in [0.2, 0.25) is 5.43 Å². The zero-order valence-corrected chi connectivity index (χ0v) is 12.1. The molecule has 0 bridgehead atoms. The SMILES string of the molecule is NC1CN(c2cc3scc(C(=O)O)c(=O)c3cc2F)CC1O. The Bertz CT molecular complexity index is 812. The Balaban J connectivity index is 2.12. The van der Waals surface area contributed by atoms with Crippen molar-refractivity contribution in [1.82, 2.24) is 0 Å². The van der Waals surface area contributed by atoms with E-state index in [4.69, 9.17) is 10.8 Å². The van der Waals surface area contributed by atoms with Crippen LogP contribution in [-0.4, -0.2) is 41.4 Å². The van der Waals surface area contributed by atoms with Gasteiger partial charge in [0, 0.05) is 34.6 Å². The molecule has 0 saturated carbocycles. The van der Waals surface area contributed by atoms with Gasteiger partial charge in [0.15, 0.2) is 0 Å². The zero-order valence-electron chi connectivity index (χ0n) is 11.3. The van der Waals surface area contributed by atoms with Gasteiger partial charge >= 0.3 is 5.97 Å². The molecule has 1 aromatic carbocycles. The summed E-state index contributed by atoms with van der Waals surface area (Å²) in [6.07, 6.45) is -0.733. The number of hydrogen-bond donors (Lipinski definition) is 3. The molecule has 1 aliphatic heterocycles. The summed E-state index contributed by atoms with van der Waals surface area (Å²) in [5.74, 6) is -1.97. The summed E-state index contributed by atoms with van der Waals surface area (Å²) in [5, 5.41) is 19.9. The molecule has 0 spiro atoms. The van der Waals surface area contributed by atoms with E-state index in [-0.39, 0.29) is 23.2 Å². The average molecular weight is 324 g/mol. The third-order valence-electron chi connectivity index (χ3n) is 3.75. The number of fused-ring (bicyclic) bond motifs is 1. The first kappa shape index (κ1) is 14.9. The van der Waals surface area contributed by atoms with Gasteiger partial charge in [-0.2, -0.15) is 0 Å². The Kier molecular flexibility index (Phi) is 3.59. The summed E-state index contributed by atoms with van der Waals surface area (Å²) in [6, 6.07) is 2.09. The third-order valence-corrected chi connectivity index (χ3v) is 4.69. The number of aromatic carboxylic acids is 1. The summed E-state index contributed by atoms with van der Waals surface area (Å²) in [6.45, 7) is 0.525. The molecule has 1 saturated heterocycles. The summed E-state index contributed by atoms with van der Waals surface area (Å²) >= 11 is 1.06. The number of aliphatic hydroxyl groups is 1. The van der Waals surface area contributed by atoms with Gasteiger partial charge in [0.1, 0.15) is 11.4 Å². The molecule has 4 N–H and O–H groups in total. The monoisotopic (exact) mass is 324 g/mol. The highest BCUT2D eigenvalue weighted by Crippen LogP contribution is 2.29. The Hall–Kier alpha value is -2.03. The number of carboxylic acids is 1. The Morgan fingerprint density at radius 1 is 1.41 bits per heavy atom. The fourth-order valence-corrected chi connectivity index (χ4v) is 3.45. The average Bonchev–Trinajstić information content (AvgIpc) is 2.78. The van der Waals surface area contributed by atoms with Crippen LogP contribution < -0.4 is 16.1 Å². The van der Waals surface area contributed by atoms with Crippen LogP contribution in [-0.2, 0) is 0 Å². The molecule has 116 valence electrons. The van der Waals surface area contributed by atoms with Crippen LogP contribution in [0, 0.1) is 5.82 Å². The van der Waals surface area contributed by atoms with Crippen molar-refractivity contribution in [3.8, 4) is 0 Å². The van der Waals surface area contributed by atoms with E-state index in [0.29, 0.717) is 11.2 Å². The lowest BCUT2D eigenvalue weighted by atomic mass is 10.1. The van der Waals surface area contributed by atoms with Crippen molar-refractivity contribution in [3.05, 3.63) is 39.1 Å². The number of hydrogen-bond acceptors (Lipinski definition) is 6. The number of benzene rings is 1. The summed E-state index contributed by atoms with van der Waals surface area (Å²) in [5.41, 5.74) is 4.89. The smallest absolute Gasteiger partial charge is 0.340 e. The minimum Gasteiger partial charge on any atom is -0.478 e. The van der Waals surface area contributed by atoms with E-state index in [0.717, 1.165) is 17.4 Å². The van der Waals surface area contributed by atoms with Crippen LogP contribution in [0.25, 0.3) is 10.1 Å². The molecule has 2 heterocycles. The minimum absolute atomic E-state index is 0.0372. The maximum atomic E-state index is 14.3. The second kappa shape index (κ2) is 5.31. The number of β-amino-alcohol motifs (C(OH)–C–C–N with tert-alkyl or cyclic N) is 1. The van der Waals surface area contributed by atoms with Crippen molar-refractivity contribution in [1.29, 1.82) is 0 Å². The van der Waals surface area contributed by atoms with Crippen LogP contribution in [0.15, 0.2) is 22.3 Å². The van der Waals surface area contributed by atoms with Crippen LogP contribution in [0.4, 0.5) is 10.1 Å². The quantitative estimate of drug-likeness (QED) is 0.748. The maximum Gasteiger partial charge on any atom is 0.340 e. The van der Waals surface area contributed by atoms with Crippen molar-refractivity contribution in [3.63, 3.8) is 0 Å². The van der Waals surface area contributed by atoms with Gasteiger partial charge in [-0.25, -0.2) is 9.18 Å². The minimum atomic E-state index is -1.33. The molecule has 6 nitrogen and oxygen atoms in total. The molecule has 0 radical (unpaired) electrons. The number of halogens is 1. The standard InChI is InChI=1S/C14H13FN2O4S/c15-8-1-6-12(22-5-7(13(6)19)14(20)21)2-10(8)17-3-9(16)11(18)4-17/h1-2,5,9,11,18H,3-4,16H2,(H,20,21). The number of carboxylic acid groups (broad SMARTS) is 1. The van der Waals surface area contributed by atoms with Crippen LogP contribution in [0.2, 0.25) is 0 Å². The molecule has 0 amide bonds. The Morgan fingerprint density at radius 3 is 2.73 bits per heavy atom. The zero-order chi connectivity index (χ0) is 16.0. The first-order valence-corrected chi connectivity index (χ1v) is 7.43. The van der Waals surface area contributed by atoms with Crippen LogP contribution in [0.5, 0.6) is 0 Å². The Morgan fingerprint density at radius 2 is 2.14 bits per heavy atom. The molecule has 2 unspecified atom stereocenters. The van der Waals surface area contributed by atoms with Gasteiger partial charge in [0.05, 0.1) is 11.8 Å². The van der Waals surface area contributed by atoms with E-state index < -0.39 is 29.4 Å². The Labute approximate surface area is 128 Å². The first-order valence-electron chi connectivity index (χ1n) is 6.55. The van der Waals surface area contributed by atoms with E-state index in [1.807, 2.05) is 0 Å². The van der Waals surface area contributed by atoms with Gasteiger partial charge in [-0.15, -0.1) is 11.3 Å². The van der Waals surface area contributed by atoms with Crippen molar-refractivity contribution in [2.75, 3.05) is 18.0 Å². The van der Waals surface area contributed by atoms with Crippen molar-refractivity contribution in [2.45, 2.75) is 12.1 Å². The highest BCUT2D eigenvalue weighted by molar-refractivity contribution is 7.16. The van der Waals surface area contributed by atoms with E-state index in [9.17, 15) is 19.1 Å². The lowest BCUT2D eigenvalue weighted by molar-refractivity contribution is 0.0696. The molecule has 2 aromatic rings. The molecule has 22 heavy (non-hydrogen) atoms. The predicted molar refractivity (Wildman–Crippen MR) is 81.2 cm³/mol. The van der Waals surface area contributed by atoms with E-state index in [1.165, 1.54) is 11.4 Å². The molecule has 1 aliphatic rings. The van der Waals surface area contributed by atoms with Crippen molar-refractivity contribution in [2.24, 2.45) is 5.73 Å². The topological polar surface area (TPSA) is 104 Å². The number of nitrogens with zero attached hydrogens (tertiary/aromatic N) is 1. The summed E-state index contributed by atoms with van der Waals surface area (Å²) in [7, 11) is 0. The van der Waals surface area contributed by atoms with Gasteiger partial charge in [-0.1, -0.05) is 0 Å². The molecule has 1 fully saturated rings. The highest BCUT2D eigenvalue weighted by Gasteiger charge is 2.30. The van der Waals surface area contributed by atoms with E-state index in [1.54, 1.807) is 4.90 Å². The van der Waals surface area contributed by atoms with Crippen LogP contribution in [0.3, 0.4) is 0 Å². The fraction of sp³-hybridized carbons (Fsp3) is 0.286. The lowest BCUT2D eigenvalue weighted by Gasteiger charge is -2.19. The summed E-state index contributed by atoms with van der Waals surface area (Å²) in [4.78, 5) is 24.6. The largest absolute Gasteiger partial charge is 0.478 e. The second-order valence-corrected chi connectivity index (χ2v) is 6.13. The van der Waals surface area contributed by atoms with Gasteiger partial charge in [-0.05, 0) is 12.1 Å². The van der Waals surface area contributed by atoms with Crippen molar-refractivity contribution < 1.29 is 19.4 Å².